The molecule has 0 heterocycles. The minimum absolute atomic E-state index is 0.00926. The Morgan fingerprint density at radius 3 is 2.00 bits per heavy atom. The minimum Gasteiger partial charge on any atom is -0.385 e. The third-order valence-electron chi connectivity index (χ3n) is 0.994. The summed E-state index contributed by atoms with van der Waals surface area (Å²) in [5, 5.41) is 0. The first-order valence-electron chi connectivity index (χ1n) is 3.67. The monoisotopic (exact) mass is 160 g/mol. The highest BCUT2D eigenvalue weighted by atomic mass is 16.5. The van der Waals surface area contributed by atoms with Crippen LogP contribution < -0.4 is 0 Å². The maximum atomic E-state index is 10.2. The number of rotatable bonds is 4. The van der Waals surface area contributed by atoms with Crippen molar-refractivity contribution in [2.45, 2.75) is 26.7 Å². The first kappa shape index (κ1) is 12.9. The van der Waals surface area contributed by atoms with Crippen molar-refractivity contribution in [2.75, 3.05) is 13.7 Å². The van der Waals surface area contributed by atoms with Crippen molar-refractivity contribution in [3.63, 3.8) is 0 Å². The van der Waals surface area contributed by atoms with E-state index in [0.717, 1.165) is 6.61 Å². The van der Waals surface area contributed by atoms with E-state index in [0.29, 0.717) is 12.7 Å². The van der Waals surface area contributed by atoms with Gasteiger partial charge in [-0.05, 0) is 6.92 Å². The Hall–Kier alpha value is -0.700. The Kier molecular flexibility index (Phi) is 14.1. The number of Topliss-reactive ketones (excluding diaryl/α,β-unsaturated/α-hetero) is 1. The molecule has 0 aliphatic heterocycles. The largest absolute Gasteiger partial charge is 0.385 e. The Bertz CT molecular complexity index is 97.5. The van der Waals surface area contributed by atoms with Crippen molar-refractivity contribution in [1.29, 1.82) is 0 Å². The van der Waals surface area contributed by atoms with Gasteiger partial charge in [0.25, 0.3) is 0 Å². The van der Waals surface area contributed by atoms with Gasteiger partial charge in [-0.2, -0.15) is 0 Å². The van der Waals surface area contributed by atoms with Crippen LogP contribution in [0.5, 0.6) is 0 Å². The van der Waals surface area contributed by atoms with Crippen LogP contribution in [-0.4, -0.2) is 25.8 Å². The van der Waals surface area contributed by atoms with Gasteiger partial charge in [0.05, 0.1) is 6.42 Å². The molecule has 3 nitrogen and oxygen atoms in total. The van der Waals surface area contributed by atoms with Crippen LogP contribution >= 0.6 is 0 Å². The lowest BCUT2D eigenvalue weighted by Gasteiger charge is -1.80. The SMILES string of the molecule is CCC(=O)CC=O.CCOC. The minimum atomic E-state index is 0.00926. The predicted molar refractivity (Wildman–Crippen MR) is 43.5 cm³/mol. The smallest absolute Gasteiger partial charge is 0.139 e. The molecule has 0 saturated heterocycles. The molecule has 11 heavy (non-hydrogen) atoms. The molecule has 0 spiro atoms. The lowest BCUT2D eigenvalue weighted by Crippen LogP contribution is -1.93. The molecule has 0 amide bonds. The van der Waals surface area contributed by atoms with Gasteiger partial charge >= 0.3 is 0 Å². The van der Waals surface area contributed by atoms with Crippen LogP contribution in [-0.2, 0) is 14.3 Å². The highest BCUT2D eigenvalue weighted by molar-refractivity contribution is 5.89. The summed E-state index contributed by atoms with van der Waals surface area (Å²) in [6.07, 6.45) is 1.18. The number of carbonyl (C=O) groups excluding carboxylic acids is 2. The Balaban J connectivity index is 0. The first-order chi connectivity index (χ1) is 5.22. The topological polar surface area (TPSA) is 43.4 Å². The fraction of sp³-hybridized carbons (Fsp3) is 0.750. The van der Waals surface area contributed by atoms with Gasteiger partial charge in [-0.15, -0.1) is 0 Å². The molecule has 0 N–H and O–H groups in total. The van der Waals surface area contributed by atoms with Crippen LogP contribution in [0.3, 0.4) is 0 Å². The predicted octanol–water partition coefficient (Wildman–Crippen LogP) is 1.21. The van der Waals surface area contributed by atoms with Crippen LogP contribution in [0.15, 0.2) is 0 Å². The summed E-state index contributed by atoms with van der Waals surface area (Å²) in [5.74, 6) is 0.00926. The molecule has 0 aromatic carbocycles. The highest BCUT2D eigenvalue weighted by Gasteiger charge is 1.91. The van der Waals surface area contributed by atoms with E-state index >= 15 is 0 Å². The summed E-state index contributed by atoms with van der Waals surface area (Å²) in [7, 11) is 1.68. The molecule has 0 rings (SSSR count). The van der Waals surface area contributed by atoms with E-state index in [1.807, 2.05) is 6.92 Å². The zero-order chi connectivity index (χ0) is 9.11. The number of hydrogen-bond donors (Lipinski definition) is 0. The van der Waals surface area contributed by atoms with Crippen LogP contribution in [0.4, 0.5) is 0 Å². The van der Waals surface area contributed by atoms with Gasteiger partial charge in [0.2, 0.25) is 0 Å². The van der Waals surface area contributed by atoms with Crippen LogP contribution in [0, 0.1) is 0 Å². The molecule has 0 atom stereocenters. The second-order valence-corrected chi connectivity index (χ2v) is 1.84. The quantitative estimate of drug-likeness (QED) is 0.458. The molecule has 0 aliphatic rings. The van der Waals surface area contributed by atoms with Crippen LogP contribution in [0.2, 0.25) is 0 Å². The number of aldehydes is 1. The summed E-state index contributed by atoms with van der Waals surface area (Å²) in [4.78, 5) is 19.7. The van der Waals surface area contributed by atoms with Gasteiger partial charge in [0, 0.05) is 20.1 Å². The average Bonchev–Trinajstić information content (AvgIpc) is 2.05. The van der Waals surface area contributed by atoms with Gasteiger partial charge in [-0.3, -0.25) is 4.79 Å². The van der Waals surface area contributed by atoms with E-state index in [-0.39, 0.29) is 12.2 Å². The van der Waals surface area contributed by atoms with E-state index in [1.54, 1.807) is 14.0 Å². The molecular weight excluding hydrogens is 144 g/mol. The normalized spacial score (nSPS) is 7.91. The standard InChI is InChI=1S/C5H8O2.C3H8O/c1-2-5(7)3-4-6;1-3-4-2/h4H,2-3H2,1H3;3H2,1-2H3. The van der Waals surface area contributed by atoms with Gasteiger partial charge in [-0.25, -0.2) is 0 Å². The second-order valence-electron chi connectivity index (χ2n) is 1.84. The summed E-state index contributed by atoms with van der Waals surface area (Å²) in [5.41, 5.74) is 0. The first-order valence-corrected chi connectivity index (χ1v) is 3.67. The van der Waals surface area contributed by atoms with E-state index in [1.165, 1.54) is 0 Å². The molecule has 0 aliphatic carbocycles. The summed E-state index contributed by atoms with van der Waals surface area (Å²) < 4.78 is 4.54. The van der Waals surface area contributed by atoms with E-state index in [9.17, 15) is 9.59 Å². The molecular formula is C8H16O3. The molecule has 0 saturated carbocycles. The van der Waals surface area contributed by atoms with Crippen LogP contribution in [0.1, 0.15) is 26.7 Å². The van der Waals surface area contributed by atoms with Gasteiger partial charge < -0.3 is 9.53 Å². The number of ketones is 1. The second kappa shape index (κ2) is 12.0. The molecule has 0 fully saturated rings. The third kappa shape index (κ3) is 17.6. The molecule has 0 bridgehead atoms. The molecule has 0 unspecified atom stereocenters. The van der Waals surface area contributed by atoms with Crippen molar-refractivity contribution in [2.24, 2.45) is 0 Å². The molecule has 0 aromatic rings. The lowest BCUT2D eigenvalue weighted by atomic mass is 10.2. The number of methoxy groups -OCH3 is 1. The summed E-state index contributed by atoms with van der Waals surface area (Å²) in [6.45, 7) is 4.52. The Morgan fingerprint density at radius 1 is 1.45 bits per heavy atom. The number of carbonyl (C=O) groups is 2. The maximum Gasteiger partial charge on any atom is 0.139 e. The maximum absolute atomic E-state index is 10.2. The van der Waals surface area contributed by atoms with Crippen LogP contribution in [0.25, 0.3) is 0 Å². The third-order valence-corrected chi connectivity index (χ3v) is 0.994. The molecule has 66 valence electrons. The van der Waals surface area contributed by atoms with Crippen molar-refractivity contribution in [3.8, 4) is 0 Å². The van der Waals surface area contributed by atoms with E-state index < -0.39 is 0 Å². The summed E-state index contributed by atoms with van der Waals surface area (Å²) >= 11 is 0. The average molecular weight is 160 g/mol. The van der Waals surface area contributed by atoms with E-state index in [2.05, 4.69) is 4.74 Å². The van der Waals surface area contributed by atoms with Gasteiger partial charge in [-0.1, -0.05) is 6.92 Å². The molecule has 3 heteroatoms. The summed E-state index contributed by atoms with van der Waals surface area (Å²) in [6, 6.07) is 0. The van der Waals surface area contributed by atoms with Crippen molar-refractivity contribution >= 4 is 12.1 Å². The van der Waals surface area contributed by atoms with E-state index in [4.69, 9.17) is 0 Å². The van der Waals surface area contributed by atoms with Crippen molar-refractivity contribution in [1.82, 2.24) is 0 Å². The van der Waals surface area contributed by atoms with Gasteiger partial charge in [0.1, 0.15) is 12.1 Å². The Morgan fingerprint density at radius 2 is 1.91 bits per heavy atom. The fourth-order valence-electron chi connectivity index (χ4n) is 0.237. The highest BCUT2D eigenvalue weighted by Crippen LogP contribution is 1.81. The zero-order valence-corrected chi connectivity index (χ0v) is 7.42. The fourth-order valence-corrected chi connectivity index (χ4v) is 0.237. The van der Waals surface area contributed by atoms with Gasteiger partial charge in [0.15, 0.2) is 0 Å². The molecule has 0 radical (unpaired) electrons. The molecule has 0 aromatic heterocycles. The number of ether oxygens (including phenoxy) is 1. The van der Waals surface area contributed by atoms with Crippen molar-refractivity contribution < 1.29 is 14.3 Å². The zero-order valence-electron chi connectivity index (χ0n) is 7.42. The van der Waals surface area contributed by atoms with Crippen molar-refractivity contribution in [3.05, 3.63) is 0 Å². The number of hydrogen-bond acceptors (Lipinski definition) is 3. The lowest BCUT2D eigenvalue weighted by molar-refractivity contribution is -0.122. The Labute approximate surface area is 67.7 Å².